The quantitative estimate of drug-likeness (QED) is 0.768. The second kappa shape index (κ2) is 6.88. The number of carbonyl (C=O) groups is 2. The number of amides is 1. The molecule has 0 spiro atoms. The second-order valence-electron chi connectivity index (χ2n) is 4.13. The van der Waals surface area contributed by atoms with Crippen LogP contribution in [0.25, 0.3) is 0 Å². The summed E-state index contributed by atoms with van der Waals surface area (Å²) in [5.41, 5.74) is -0.0698. The first kappa shape index (κ1) is 17.4. The summed E-state index contributed by atoms with van der Waals surface area (Å²) in [6.07, 6.45) is -1.01. The second-order valence-corrected chi connectivity index (χ2v) is 6.07. The predicted molar refractivity (Wildman–Crippen MR) is 76.4 cm³/mol. The normalized spacial score (nSPS) is 12.6. The molecule has 0 fully saturated rings. The highest BCUT2D eigenvalue weighted by atomic mass is 35.5. The van der Waals surface area contributed by atoms with E-state index in [1.54, 1.807) is 6.92 Å². The number of sulfonamides is 1. The number of rotatable bonds is 5. The van der Waals surface area contributed by atoms with Crippen LogP contribution in [0.15, 0.2) is 23.1 Å². The summed E-state index contributed by atoms with van der Waals surface area (Å²) < 4.78 is 27.6. The average Bonchev–Trinajstić information content (AvgIpc) is 2.37. The van der Waals surface area contributed by atoms with E-state index in [-0.39, 0.29) is 15.5 Å². The van der Waals surface area contributed by atoms with Gasteiger partial charge in [-0.15, -0.1) is 0 Å². The minimum absolute atomic E-state index is 0.0698. The molecule has 1 aromatic carbocycles. The van der Waals surface area contributed by atoms with Crippen LogP contribution < -0.4 is 10.5 Å². The largest absolute Gasteiger partial charge is 0.449 e. The van der Waals surface area contributed by atoms with Gasteiger partial charge in [0, 0.05) is 6.54 Å². The van der Waals surface area contributed by atoms with Crippen molar-refractivity contribution < 1.29 is 22.7 Å². The van der Waals surface area contributed by atoms with E-state index in [1.807, 2.05) is 0 Å². The van der Waals surface area contributed by atoms with Gasteiger partial charge >= 0.3 is 5.97 Å². The van der Waals surface area contributed by atoms with Gasteiger partial charge in [0.05, 0.1) is 10.6 Å². The lowest BCUT2D eigenvalue weighted by Crippen LogP contribution is -2.35. The molecule has 3 N–H and O–H groups in total. The topological polar surface area (TPSA) is 116 Å². The number of nitrogens with one attached hydrogen (secondary N) is 1. The average molecular weight is 335 g/mol. The Bertz CT molecular complexity index is 660. The van der Waals surface area contributed by atoms with Crippen LogP contribution in [0, 0.1) is 0 Å². The summed E-state index contributed by atoms with van der Waals surface area (Å²) in [4.78, 5) is 23.0. The molecule has 0 aliphatic carbocycles. The molecule has 0 heterocycles. The first-order valence-electron chi connectivity index (χ1n) is 5.97. The summed E-state index contributed by atoms with van der Waals surface area (Å²) in [6, 6.07) is 3.50. The molecule has 0 saturated carbocycles. The standard InChI is InChI=1S/C12H15ClN2O5S/c1-3-15-11(16)7(2)20-12(17)8-4-5-9(13)10(6-8)21(14,18)19/h4-7H,3H2,1-2H3,(H,15,16)(H2,14,18,19)/t7-/m0/s1. The van der Waals surface area contributed by atoms with E-state index in [4.69, 9.17) is 21.5 Å². The van der Waals surface area contributed by atoms with Gasteiger partial charge in [-0.05, 0) is 32.0 Å². The maximum Gasteiger partial charge on any atom is 0.338 e. The van der Waals surface area contributed by atoms with Crippen LogP contribution in [-0.2, 0) is 19.6 Å². The third-order valence-electron chi connectivity index (χ3n) is 2.48. The fourth-order valence-electron chi connectivity index (χ4n) is 1.45. The number of hydrogen-bond donors (Lipinski definition) is 2. The Balaban J connectivity index is 2.97. The number of esters is 1. The number of halogens is 1. The van der Waals surface area contributed by atoms with Crippen molar-refractivity contribution in [2.24, 2.45) is 5.14 Å². The van der Waals surface area contributed by atoms with Gasteiger partial charge in [0.25, 0.3) is 5.91 Å². The molecule has 0 aliphatic rings. The molecule has 0 unspecified atom stereocenters. The molecule has 21 heavy (non-hydrogen) atoms. The van der Waals surface area contributed by atoms with E-state index >= 15 is 0 Å². The van der Waals surface area contributed by atoms with Crippen molar-refractivity contribution >= 4 is 33.5 Å². The van der Waals surface area contributed by atoms with E-state index in [2.05, 4.69) is 5.32 Å². The lowest BCUT2D eigenvalue weighted by Gasteiger charge is -2.13. The molecule has 0 aromatic heterocycles. The number of hydrogen-bond acceptors (Lipinski definition) is 5. The number of nitrogens with two attached hydrogens (primary N) is 1. The van der Waals surface area contributed by atoms with E-state index in [0.717, 1.165) is 6.07 Å². The van der Waals surface area contributed by atoms with Crippen molar-refractivity contribution in [3.05, 3.63) is 28.8 Å². The maximum absolute atomic E-state index is 11.9. The monoisotopic (exact) mass is 334 g/mol. The molecule has 7 nitrogen and oxygen atoms in total. The number of primary sulfonamides is 1. The molecule has 1 rings (SSSR count). The van der Waals surface area contributed by atoms with Gasteiger partial charge in [-0.2, -0.15) is 0 Å². The molecule has 9 heteroatoms. The number of carbonyl (C=O) groups excluding carboxylic acids is 2. The molecule has 0 bridgehead atoms. The third-order valence-corrected chi connectivity index (χ3v) is 3.87. The lowest BCUT2D eigenvalue weighted by atomic mass is 10.2. The van der Waals surface area contributed by atoms with Crippen LogP contribution in [0.2, 0.25) is 5.02 Å². The van der Waals surface area contributed by atoms with E-state index in [9.17, 15) is 18.0 Å². The van der Waals surface area contributed by atoms with Crippen LogP contribution in [0.1, 0.15) is 24.2 Å². The summed E-state index contributed by atoms with van der Waals surface area (Å²) >= 11 is 5.71. The minimum Gasteiger partial charge on any atom is -0.449 e. The van der Waals surface area contributed by atoms with Crippen molar-refractivity contribution in [2.75, 3.05) is 6.54 Å². The number of likely N-dealkylation sites (N-methyl/N-ethyl adjacent to an activating group) is 1. The highest BCUT2D eigenvalue weighted by molar-refractivity contribution is 7.89. The molecule has 116 valence electrons. The maximum atomic E-state index is 11.9. The Morgan fingerprint density at radius 2 is 2.05 bits per heavy atom. The molecule has 1 aromatic rings. The highest BCUT2D eigenvalue weighted by Crippen LogP contribution is 2.22. The zero-order valence-electron chi connectivity index (χ0n) is 11.4. The van der Waals surface area contributed by atoms with Crippen molar-refractivity contribution in [1.29, 1.82) is 0 Å². The molecule has 1 amide bonds. The van der Waals surface area contributed by atoms with Crippen molar-refractivity contribution in [3.8, 4) is 0 Å². The summed E-state index contributed by atoms with van der Waals surface area (Å²) in [6.45, 7) is 3.53. The lowest BCUT2D eigenvalue weighted by molar-refractivity contribution is -0.128. The zero-order valence-corrected chi connectivity index (χ0v) is 13.0. The predicted octanol–water partition coefficient (Wildman–Crippen LogP) is 0.669. The Morgan fingerprint density at radius 1 is 1.43 bits per heavy atom. The molecule has 0 saturated heterocycles. The highest BCUT2D eigenvalue weighted by Gasteiger charge is 2.21. The molecule has 0 aliphatic heterocycles. The van der Waals surface area contributed by atoms with Crippen LogP contribution in [-0.4, -0.2) is 32.9 Å². The summed E-state index contributed by atoms with van der Waals surface area (Å²) in [5, 5.41) is 7.38. The van der Waals surface area contributed by atoms with Gasteiger partial charge in [-0.3, -0.25) is 4.79 Å². The first-order valence-corrected chi connectivity index (χ1v) is 7.90. The van der Waals surface area contributed by atoms with Crippen molar-refractivity contribution in [3.63, 3.8) is 0 Å². The minimum atomic E-state index is -4.06. The Hall–Kier alpha value is -1.64. The van der Waals surface area contributed by atoms with Gasteiger partial charge < -0.3 is 10.1 Å². The Kier molecular flexibility index (Phi) is 5.70. The fraction of sp³-hybridized carbons (Fsp3) is 0.333. The smallest absolute Gasteiger partial charge is 0.338 e. The van der Waals surface area contributed by atoms with Crippen LogP contribution >= 0.6 is 11.6 Å². The van der Waals surface area contributed by atoms with Crippen molar-refractivity contribution in [2.45, 2.75) is 24.8 Å². The Labute approximate surface area is 127 Å². The van der Waals surface area contributed by atoms with E-state index in [1.165, 1.54) is 19.1 Å². The third kappa shape index (κ3) is 4.69. The van der Waals surface area contributed by atoms with Crippen LogP contribution in [0.5, 0.6) is 0 Å². The first-order chi connectivity index (χ1) is 9.66. The molecular formula is C12H15ClN2O5S. The van der Waals surface area contributed by atoms with Crippen molar-refractivity contribution in [1.82, 2.24) is 5.32 Å². The molecule has 1 atom stereocenters. The summed E-state index contributed by atoms with van der Waals surface area (Å²) in [5.74, 6) is -1.30. The van der Waals surface area contributed by atoms with Crippen LogP contribution in [0.4, 0.5) is 0 Å². The summed E-state index contributed by atoms with van der Waals surface area (Å²) in [7, 11) is -4.06. The van der Waals surface area contributed by atoms with Gasteiger partial charge in [-0.25, -0.2) is 18.4 Å². The van der Waals surface area contributed by atoms with Gasteiger partial charge in [-0.1, -0.05) is 11.6 Å². The fourth-order valence-corrected chi connectivity index (χ4v) is 2.52. The molecular weight excluding hydrogens is 320 g/mol. The van der Waals surface area contributed by atoms with Crippen LogP contribution in [0.3, 0.4) is 0 Å². The molecule has 0 radical (unpaired) electrons. The van der Waals surface area contributed by atoms with Gasteiger partial charge in [0.15, 0.2) is 6.10 Å². The van der Waals surface area contributed by atoms with Gasteiger partial charge in [0.2, 0.25) is 10.0 Å². The number of ether oxygens (including phenoxy) is 1. The van der Waals surface area contributed by atoms with E-state index in [0.29, 0.717) is 6.54 Å². The SMILES string of the molecule is CCNC(=O)[C@H](C)OC(=O)c1ccc(Cl)c(S(N)(=O)=O)c1. The van der Waals surface area contributed by atoms with Gasteiger partial charge in [0.1, 0.15) is 4.90 Å². The Morgan fingerprint density at radius 3 is 2.57 bits per heavy atom. The van der Waals surface area contributed by atoms with E-state index < -0.39 is 28.0 Å². The zero-order chi connectivity index (χ0) is 16.2. The number of benzene rings is 1.